The van der Waals surface area contributed by atoms with Gasteiger partial charge in [0, 0.05) is 31.5 Å². The molecule has 5 heteroatoms. The number of rotatable bonds is 5. The molecule has 1 heterocycles. The number of nitrogens with zero attached hydrogens (tertiary/aromatic N) is 1. The molecule has 5 nitrogen and oxygen atoms in total. The van der Waals surface area contributed by atoms with Crippen LogP contribution < -0.4 is 5.73 Å². The van der Waals surface area contributed by atoms with E-state index in [2.05, 4.69) is 0 Å². The molecule has 2 rings (SSSR count). The summed E-state index contributed by atoms with van der Waals surface area (Å²) in [6, 6.07) is 0. The molecule has 2 aliphatic rings. The number of carbonyl (C=O) groups is 2. The number of carboxylic acids is 1. The van der Waals surface area contributed by atoms with Crippen LogP contribution in [0, 0.1) is 5.92 Å². The Morgan fingerprint density at radius 1 is 1.32 bits per heavy atom. The standard InChI is InChI=1S/C14H24N2O3/c15-14(6-2-7-14)9-12(17)16-8-1-3-11(10-16)4-5-13(18)19/h11H,1-10,15H2,(H,18,19). The first kappa shape index (κ1) is 14.3. The van der Waals surface area contributed by atoms with Crippen molar-refractivity contribution in [3.8, 4) is 0 Å². The van der Waals surface area contributed by atoms with E-state index in [4.69, 9.17) is 10.8 Å². The van der Waals surface area contributed by atoms with Gasteiger partial charge in [-0.15, -0.1) is 0 Å². The molecule has 0 aromatic carbocycles. The summed E-state index contributed by atoms with van der Waals surface area (Å²) in [6.45, 7) is 1.51. The zero-order chi connectivity index (χ0) is 13.9. The molecular weight excluding hydrogens is 244 g/mol. The molecule has 0 radical (unpaired) electrons. The Morgan fingerprint density at radius 3 is 2.63 bits per heavy atom. The van der Waals surface area contributed by atoms with Crippen molar-refractivity contribution in [2.75, 3.05) is 13.1 Å². The van der Waals surface area contributed by atoms with E-state index >= 15 is 0 Å². The van der Waals surface area contributed by atoms with Crippen molar-refractivity contribution >= 4 is 11.9 Å². The number of carboxylic acid groups (broad SMARTS) is 1. The fourth-order valence-electron chi connectivity index (χ4n) is 3.08. The zero-order valence-electron chi connectivity index (χ0n) is 11.4. The predicted molar refractivity (Wildman–Crippen MR) is 71.6 cm³/mol. The lowest BCUT2D eigenvalue weighted by atomic mass is 9.75. The minimum absolute atomic E-state index is 0.155. The topological polar surface area (TPSA) is 83.6 Å². The molecule has 19 heavy (non-hydrogen) atoms. The van der Waals surface area contributed by atoms with Crippen LogP contribution in [0.2, 0.25) is 0 Å². The van der Waals surface area contributed by atoms with Gasteiger partial charge in [-0.3, -0.25) is 9.59 Å². The molecule has 0 bridgehead atoms. The molecule has 3 N–H and O–H groups in total. The number of aliphatic carboxylic acids is 1. The molecule has 0 spiro atoms. The van der Waals surface area contributed by atoms with Gasteiger partial charge in [0.1, 0.15) is 0 Å². The Bertz CT molecular complexity index is 353. The van der Waals surface area contributed by atoms with E-state index in [9.17, 15) is 9.59 Å². The van der Waals surface area contributed by atoms with Crippen molar-refractivity contribution in [1.29, 1.82) is 0 Å². The molecule has 108 valence electrons. The molecule has 1 unspecified atom stereocenters. The van der Waals surface area contributed by atoms with Crippen molar-refractivity contribution in [3.63, 3.8) is 0 Å². The Balaban J connectivity index is 1.79. The van der Waals surface area contributed by atoms with Gasteiger partial charge in [0.2, 0.25) is 5.91 Å². The highest BCUT2D eigenvalue weighted by molar-refractivity contribution is 5.77. The van der Waals surface area contributed by atoms with E-state index in [1.165, 1.54) is 0 Å². The average molecular weight is 268 g/mol. The van der Waals surface area contributed by atoms with Crippen molar-refractivity contribution in [2.24, 2.45) is 11.7 Å². The van der Waals surface area contributed by atoms with Gasteiger partial charge >= 0.3 is 5.97 Å². The molecule has 1 saturated heterocycles. The number of piperidine rings is 1. The first-order chi connectivity index (χ1) is 8.98. The largest absolute Gasteiger partial charge is 0.481 e. The van der Waals surface area contributed by atoms with Crippen LogP contribution in [0.4, 0.5) is 0 Å². The maximum atomic E-state index is 12.2. The van der Waals surface area contributed by atoms with Crippen LogP contribution in [0.3, 0.4) is 0 Å². The number of hydrogen-bond donors (Lipinski definition) is 2. The second-order valence-electron chi connectivity index (χ2n) is 6.17. The highest BCUT2D eigenvalue weighted by Gasteiger charge is 2.36. The molecule has 1 atom stereocenters. The molecule has 1 aliphatic heterocycles. The second-order valence-corrected chi connectivity index (χ2v) is 6.17. The van der Waals surface area contributed by atoms with E-state index in [0.29, 0.717) is 25.3 Å². The first-order valence-corrected chi connectivity index (χ1v) is 7.27. The van der Waals surface area contributed by atoms with Gasteiger partial charge in [0.15, 0.2) is 0 Å². The van der Waals surface area contributed by atoms with Crippen molar-refractivity contribution < 1.29 is 14.7 Å². The summed E-state index contributed by atoms with van der Waals surface area (Å²) in [5.41, 5.74) is 5.86. The third-order valence-corrected chi connectivity index (χ3v) is 4.49. The van der Waals surface area contributed by atoms with Gasteiger partial charge in [-0.2, -0.15) is 0 Å². The smallest absolute Gasteiger partial charge is 0.303 e. The van der Waals surface area contributed by atoms with Crippen molar-refractivity contribution in [1.82, 2.24) is 4.90 Å². The van der Waals surface area contributed by atoms with Gasteiger partial charge in [-0.1, -0.05) is 0 Å². The summed E-state index contributed by atoms with van der Waals surface area (Å²) in [5, 5.41) is 8.71. The molecular formula is C14H24N2O3. The normalized spacial score (nSPS) is 25.7. The Morgan fingerprint density at radius 2 is 2.05 bits per heavy atom. The number of carbonyl (C=O) groups excluding carboxylic acids is 1. The van der Waals surface area contributed by atoms with Crippen molar-refractivity contribution in [2.45, 2.75) is 56.9 Å². The van der Waals surface area contributed by atoms with Crippen LogP contribution in [0.25, 0.3) is 0 Å². The lowest BCUT2D eigenvalue weighted by Gasteiger charge is -2.40. The maximum absolute atomic E-state index is 12.2. The molecule has 0 aromatic rings. The van der Waals surface area contributed by atoms with Gasteiger partial charge in [0.25, 0.3) is 0 Å². The number of hydrogen-bond acceptors (Lipinski definition) is 3. The van der Waals surface area contributed by atoms with Gasteiger partial charge in [-0.25, -0.2) is 0 Å². The summed E-state index contributed by atoms with van der Waals surface area (Å²) in [6.07, 6.45) is 6.38. The van der Waals surface area contributed by atoms with Crippen LogP contribution in [0.5, 0.6) is 0 Å². The lowest BCUT2D eigenvalue weighted by molar-refractivity contribution is -0.137. The average Bonchev–Trinajstić information content (AvgIpc) is 2.35. The number of nitrogens with two attached hydrogens (primary N) is 1. The molecule has 2 fully saturated rings. The van der Waals surface area contributed by atoms with Crippen LogP contribution >= 0.6 is 0 Å². The zero-order valence-corrected chi connectivity index (χ0v) is 11.4. The summed E-state index contributed by atoms with van der Waals surface area (Å²) >= 11 is 0. The summed E-state index contributed by atoms with van der Waals surface area (Å²) < 4.78 is 0. The quantitative estimate of drug-likeness (QED) is 0.788. The number of amides is 1. The van der Waals surface area contributed by atoms with E-state index in [1.54, 1.807) is 0 Å². The maximum Gasteiger partial charge on any atom is 0.303 e. The summed E-state index contributed by atoms with van der Waals surface area (Å²) in [7, 11) is 0. The Kier molecular flexibility index (Phi) is 4.45. The van der Waals surface area contributed by atoms with Gasteiger partial charge in [0.05, 0.1) is 0 Å². The summed E-state index contributed by atoms with van der Waals surface area (Å²) in [5.74, 6) is -0.259. The highest BCUT2D eigenvalue weighted by atomic mass is 16.4. The third kappa shape index (κ3) is 3.93. The molecule has 1 amide bonds. The van der Waals surface area contributed by atoms with Crippen LogP contribution in [-0.4, -0.2) is 40.5 Å². The molecule has 1 saturated carbocycles. The van der Waals surface area contributed by atoms with Gasteiger partial charge < -0.3 is 15.7 Å². The van der Waals surface area contributed by atoms with Gasteiger partial charge in [-0.05, 0) is 44.4 Å². The molecule has 1 aliphatic carbocycles. The van der Waals surface area contributed by atoms with E-state index < -0.39 is 5.97 Å². The predicted octanol–water partition coefficient (Wildman–Crippen LogP) is 1.36. The summed E-state index contributed by atoms with van der Waals surface area (Å²) in [4.78, 5) is 24.7. The third-order valence-electron chi connectivity index (χ3n) is 4.49. The monoisotopic (exact) mass is 268 g/mol. The van der Waals surface area contributed by atoms with E-state index in [-0.39, 0.29) is 17.9 Å². The van der Waals surface area contributed by atoms with E-state index in [0.717, 1.165) is 38.6 Å². The Hall–Kier alpha value is -1.10. The van der Waals surface area contributed by atoms with Crippen LogP contribution in [0.1, 0.15) is 51.4 Å². The second kappa shape index (κ2) is 5.90. The fraction of sp³-hybridized carbons (Fsp3) is 0.857. The van der Waals surface area contributed by atoms with Crippen LogP contribution in [0.15, 0.2) is 0 Å². The first-order valence-electron chi connectivity index (χ1n) is 7.27. The lowest BCUT2D eigenvalue weighted by Crippen LogP contribution is -2.51. The molecule has 0 aromatic heterocycles. The van der Waals surface area contributed by atoms with Crippen molar-refractivity contribution in [3.05, 3.63) is 0 Å². The number of likely N-dealkylation sites (tertiary alicyclic amines) is 1. The van der Waals surface area contributed by atoms with E-state index in [1.807, 2.05) is 4.90 Å². The minimum Gasteiger partial charge on any atom is -0.481 e. The minimum atomic E-state index is -0.751. The highest BCUT2D eigenvalue weighted by Crippen LogP contribution is 2.33. The Labute approximate surface area is 114 Å². The van der Waals surface area contributed by atoms with Crippen LogP contribution in [-0.2, 0) is 9.59 Å². The SMILES string of the molecule is NC1(CC(=O)N2CCCC(CCC(=O)O)C2)CCC1. The fourth-order valence-corrected chi connectivity index (χ4v) is 3.08.